The molecule has 1 unspecified atom stereocenters. The molecule has 0 aromatic heterocycles. The maximum Gasteiger partial charge on any atom is 0.207 e. The molecule has 1 aliphatic heterocycles. The van der Waals surface area contributed by atoms with Crippen LogP contribution in [0.1, 0.15) is 40.5 Å². The van der Waals surface area contributed by atoms with E-state index in [0.717, 1.165) is 32.5 Å². The van der Waals surface area contributed by atoms with Crippen molar-refractivity contribution in [3.05, 3.63) is 0 Å². The molecule has 0 bridgehead atoms. The summed E-state index contributed by atoms with van der Waals surface area (Å²) in [6, 6.07) is 0.249. The van der Waals surface area contributed by atoms with E-state index in [1.807, 2.05) is 13.8 Å². The molecule has 1 heterocycles. The molecule has 84 valence electrons. The quantitative estimate of drug-likeness (QED) is 0.709. The Labute approximate surface area is 87.2 Å². The Morgan fingerprint density at radius 3 is 2.29 bits per heavy atom. The van der Waals surface area contributed by atoms with Crippen LogP contribution in [0.4, 0.5) is 0 Å². The van der Waals surface area contributed by atoms with Crippen LogP contribution >= 0.6 is 0 Å². The Morgan fingerprint density at radius 2 is 1.86 bits per heavy atom. The average molecular weight is 201 g/mol. The molecule has 0 aromatic rings. The summed E-state index contributed by atoms with van der Waals surface area (Å²) in [6.07, 6.45) is 2.86. The van der Waals surface area contributed by atoms with E-state index in [2.05, 4.69) is 19.2 Å². The number of rotatable bonds is 3. The number of carbonyl (C=O) groups is 1. The number of hydrogen-bond donors (Lipinski definition) is 1. The van der Waals surface area contributed by atoms with Gasteiger partial charge in [-0.2, -0.15) is 0 Å². The molecule has 0 saturated carbocycles. The number of ether oxygens (including phenoxy) is 1. The lowest BCUT2D eigenvalue weighted by molar-refractivity contribution is -0.111. The zero-order valence-corrected chi connectivity index (χ0v) is 9.80. The van der Waals surface area contributed by atoms with Gasteiger partial charge in [0.2, 0.25) is 6.41 Å². The summed E-state index contributed by atoms with van der Waals surface area (Å²) in [5.41, 5.74) is 0.221. The Hall–Kier alpha value is -0.570. The Morgan fingerprint density at radius 1 is 1.36 bits per heavy atom. The zero-order chi connectivity index (χ0) is 11.0. The largest absolute Gasteiger partial charge is 0.381 e. The predicted molar refractivity (Wildman–Crippen MR) is 58.2 cm³/mol. The molecule has 1 atom stereocenters. The first-order valence-electron chi connectivity index (χ1n) is 5.46. The average Bonchev–Trinajstić information content (AvgIpc) is 2.22. The van der Waals surface area contributed by atoms with E-state index < -0.39 is 0 Å². The van der Waals surface area contributed by atoms with Gasteiger partial charge >= 0.3 is 0 Å². The highest BCUT2D eigenvalue weighted by Crippen LogP contribution is 2.32. The molecule has 0 aliphatic carbocycles. The molecule has 0 spiro atoms. The number of carbonyl (C=O) groups excluding carboxylic acids is 1. The van der Waals surface area contributed by atoms with Gasteiger partial charge in [-0.15, -0.1) is 0 Å². The van der Waals surface area contributed by atoms with Crippen molar-refractivity contribution in [1.82, 2.24) is 5.32 Å². The monoisotopic (exact) mass is 201 g/mol. The molecule has 0 aromatic carbocycles. The number of amides is 1. The van der Waals surface area contributed by atoms with Gasteiger partial charge in [0.25, 0.3) is 0 Å². The van der Waals surface area contributed by atoms with Crippen LogP contribution < -0.4 is 5.32 Å². The second kappa shape index (κ2) is 6.82. The summed E-state index contributed by atoms with van der Waals surface area (Å²) in [7, 11) is 0. The molecule has 1 aliphatic rings. The van der Waals surface area contributed by atoms with Crippen LogP contribution in [0.15, 0.2) is 0 Å². The SMILES string of the molecule is CC.CC(NC=O)C1(C)CCOCC1. The summed E-state index contributed by atoms with van der Waals surface area (Å²) in [5, 5.41) is 2.82. The van der Waals surface area contributed by atoms with Crippen LogP contribution in [-0.4, -0.2) is 25.7 Å². The van der Waals surface area contributed by atoms with Crippen LogP contribution in [0.25, 0.3) is 0 Å². The summed E-state index contributed by atoms with van der Waals surface area (Å²) in [6.45, 7) is 9.90. The third-order valence-electron chi connectivity index (χ3n) is 3.00. The number of hydrogen-bond acceptors (Lipinski definition) is 2. The van der Waals surface area contributed by atoms with Gasteiger partial charge < -0.3 is 10.1 Å². The molecular formula is C11H23NO2. The fraction of sp³-hybridized carbons (Fsp3) is 0.909. The highest BCUT2D eigenvalue weighted by molar-refractivity contribution is 5.46. The fourth-order valence-corrected chi connectivity index (χ4v) is 1.57. The van der Waals surface area contributed by atoms with Crippen LogP contribution in [0.3, 0.4) is 0 Å². The van der Waals surface area contributed by atoms with Gasteiger partial charge in [0.1, 0.15) is 0 Å². The number of nitrogens with one attached hydrogen (secondary N) is 1. The molecule has 3 heteroatoms. The predicted octanol–water partition coefficient (Wildman–Crippen LogP) is 1.96. The van der Waals surface area contributed by atoms with Crippen LogP contribution in [0.2, 0.25) is 0 Å². The minimum Gasteiger partial charge on any atom is -0.381 e. The van der Waals surface area contributed by atoms with Gasteiger partial charge in [-0.25, -0.2) is 0 Å². The second-order valence-corrected chi connectivity index (χ2v) is 3.77. The lowest BCUT2D eigenvalue weighted by Crippen LogP contribution is -2.44. The Kier molecular flexibility index (Phi) is 6.54. The van der Waals surface area contributed by atoms with Crippen molar-refractivity contribution >= 4 is 6.41 Å². The first kappa shape index (κ1) is 13.4. The first-order chi connectivity index (χ1) is 6.69. The summed E-state index contributed by atoms with van der Waals surface area (Å²) in [5.74, 6) is 0. The first-order valence-corrected chi connectivity index (χ1v) is 5.46. The maximum atomic E-state index is 10.3. The smallest absolute Gasteiger partial charge is 0.207 e. The van der Waals surface area contributed by atoms with Crippen molar-refractivity contribution in [3.63, 3.8) is 0 Å². The van der Waals surface area contributed by atoms with Crippen molar-refractivity contribution in [2.24, 2.45) is 5.41 Å². The third-order valence-corrected chi connectivity index (χ3v) is 3.00. The van der Waals surface area contributed by atoms with E-state index in [9.17, 15) is 4.79 Å². The van der Waals surface area contributed by atoms with Crippen LogP contribution in [0.5, 0.6) is 0 Å². The molecule has 0 radical (unpaired) electrons. The van der Waals surface area contributed by atoms with Gasteiger partial charge in [-0.3, -0.25) is 4.79 Å². The van der Waals surface area contributed by atoms with Crippen molar-refractivity contribution in [2.75, 3.05) is 13.2 Å². The minimum absolute atomic E-state index is 0.221. The Bertz CT molecular complexity index is 153. The summed E-state index contributed by atoms with van der Waals surface area (Å²) < 4.78 is 5.28. The van der Waals surface area contributed by atoms with Crippen molar-refractivity contribution in [1.29, 1.82) is 0 Å². The highest BCUT2D eigenvalue weighted by Gasteiger charge is 2.32. The van der Waals surface area contributed by atoms with Crippen molar-refractivity contribution in [3.8, 4) is 0 Å². The molecule has 3 nitrogen and oxygen atoms in total. The second-order valence-electron chi connectivity index (χ2n) is 3.77. The Balaban J connectivity index is 0.000000791. The topological polar surface area (TPSA) is 38.3 Å². The van der Waals surface area contributed by atoms with E-state index in [1.54, 1.807) is 0 Å². The zero-order valence-electron chi connectivity index (χ0n) is 9.80. The maximum absolute atomic E-state index is 10.3. The molecule has 1 fully saturated rings. The van der Waals surface area contributed by atoms with Crippen LogP contribution in [-0.2, 0) is 9.53 Å². The molecule has 14 heavy (non-hydrogen) atoms. The molecule has 1 amide bonds. The van der Waals surface area contributed by atoms with Crippen molar-refractivity contribution < 1.29 is 9.53 Å². The third kappa shape index (κ3) is 3.66. The normalized spacial score (nSPS) is 21.4. The lowest BCUT2D eigenvalue weighted by Gasteiger charge is -2.38. The van der Waals surface area contributed by atoms with Crippen molar-refractivity contribution in [2.45, 2.75) is 46.6 Å². The standard InChI is InChI=1S/C9H17NO2.C2H6/c1-8(10-7-11)9(2)3-5-12-6-4-9;1-2/h7-8H,3-6H2,1-2H3,(H,10,11);1-2H3. The van der Waals surface area contributed by atoms with Gasteiger partial charge in [0, 0.05) is 19.3 Å². The van der Waals surface area contributed by atoms with E-state index >= 15 is 0 Å². The molecule has 1 rings (SSSR count). The van der Waals surface area contributed by atoms with E-state index in [1.165, 1.54) is 0 Å². The highest BCUT2D eigenvalue weighted by atomic mass is 16.5. The van der Waals surface area contributed by atoms with E-state index in [-0.39, 0.29) is 11.5 Å². The van der Waals surface area contributed by atoms with E-state index in [0.29, 0.717) is 0 Å². The molecular weight excluding hydrogens is 178 g/mol. The van der Waals surface area contributed by atoms with Gasteiger partial charge in [0.05, 0.1) is 0 Å². The van der Waals surface area contributed by atoms with Gasteiger partial charge in [-0.05, 0) is 25.2 Å². The lowest BCUT2D eigenvalue weighted by atomic mass is 9.76. The molecule has 1 N–H and O–H groups in total. The fourth-order valence-electron chi connectivity index (χ4n) is 1.57. The summed E-state index contributed by atoms with van der Waals surface area (Å²) >= 11 is 0. The van der Waals surface area contributed by atoms with Gasteiger partial charge in [0.15, 0.2) is 0 Å². The van der Waals surface area contributed by atoms with Gasteiger partial charge in [-0.1, -0.05) is 20.8 Å². The minimum atomic E-state index is 0.221. The van der Waals surface area contributed by atoms with Crippen LogP contribution in [0, 0.1) is 5.41 Å². The molecule has 1 saturated heterocycles. The van der Waals surface area contributed by atoms with E-state index in [4.69, 9.17) is 4.74 Å². The summed E-state index contributed by atoms with van der Waals surface area (Å²) in [4.78, 5) is 10.3.